The van der Waals surface area contributed by atoms with Crippen LogP contribution < -0.4 is 5.32 Å². The second kappa shape index (κ2) is 5.28. The van der Waals surface area contributed by atoms with Crippen molar-refractivity contribution in [1.82, 2.24) is 15.4 Å². The first kappa shape index (κ1) is 10.6. The molecule has 15 heavy (non-hydrogen) atoms. The van der Waals surface area contributed by atoms with Gasteiger partial charge >= 0.3 is 0 Å². The van der Waals surface area contributed by atoms with Crippen LogP contribution in [0.4, 0.5) is 0 Å². The second-order valence-electron chi connectivity index (χ2n) is 4.05. The minimum atomic E-state index is 0.806. The summed E-state index contributed by atoms with van der Waals surface area (Å²) < 4.78 is 5.29. The van der Waals surface area contributed by atoms with E-state index in [1.54, 1.807) is 0 Å². The quantitative estimate of drug-likeness (QED) is 0.795. The van der Waals surface area contributed by atoms with Crippen LogP contribution in [0.2, 0.25) is 0 Å². The Hall–Kier alpha value is -0.870. The van der Waals surface area contributed by atoms with Crippen LogP contribution in [0.25, 0.3) is 0 Å². The molecule has 1 aromatic heterocycles. The molecular weight excluding hydrogens is 190 g/mol. The van der Waals surface area contributed by atoms with Crippen LogP contribution in [0.1, 0.15) is 31.2 Å². The maximum atomic E-state index is 5.29. The lowest BCUT2D eigenvalue weighted by molar-refractivity contribution is 0.273. The fraction of sp³-hybridized carbons (Fsp3) is 0.727. The molecule has 4 nitrogen and oxygen atoms in total. The highest BCUT2D eigenvalue weighted by Crippen LogP contribution is 2.13. The van der Waals surface area contributed by atoms with Gasteiger partial charge in [-0.3, -0.25) is 4.90 Å². The third-order valence-electron chi connectivity index (χ3n) is 2.74. The first-order valence-electron chi connectivity index (χ1n) is 5.76. The Morgan fingerprint density at radius 1 is 1.47 bits per heavy atom. The molecule has 1 N–H and O–H groups in total. The zero-order valence-electron chi connectivity index (χ0n) is 9.33. The van der Waals surface area contributed by atoms with Gasteiger partial charge in [-0.2, -0.15) is 0 Å². The average Bonchev–Trinajstić information content (AvgIpc) is 2.87. The number of aromatic nitrogens is 1. The van der Waals surface area contributed by atoms with E-state index in [1.807, 2.05) is 0 Å². The number of hydrogen-bond acceptors (Lipinski definition) is 4. The first-order chi connectivity index (χ1) is 7.38. The molecule has 1 fully saturated rings. The van der Waals surface area contributed by atoms with Gasteiger partial charge in [-0.15, -0.1) is 0 Å². The number of hydrogen-bond donors (Lipinski definition) is 1. The summed E-state index contributed by atoms with van der Waals surface area (Å²) in [6.45, 7) is 7.17. The van der Waals surface area contributed by atoms with Crippen molar-refractivity contribution in [2.24, 2.45) is 0 Å². The fourth-order valence-corrected chi connectivity index (χ4v) is 1.93. The number of nitrogens with one attached hydrogen (secondary N) is 1. The fourth-order valence-electron chi connectivity index (χ4n) is 1.93. The molecule has 4 heteroatoms. The molecule has 2 heterocycles. The van der Waals surface area contributed by atoms with Gasteiger partial charge < -0.3 is 9.84 Å². The van der Waals surface area contributed by atoms with Crippen molar-refractivity contribution in [3.8, 4) is 0 Å². The van der Waals surface area contributed by atoms with E-state index in [0.29, 0.717) is 0 Å². The zero-order chi connectivity index (χ0) is 10.5. The summed E-state index contributed by atoms with van der Waals surface area (Å²) in [6, 6.07) is 2.06. The van der Waals surface area contributed by atoms with E-state index in [1.165, 1.54) is 25.9 Å². The second-order valence-corrected chi connectivity index (χ2v) is 4.05. The molecule has 0 aromatic carbocycles. The van der Waals surface area contributed by atoms with Gasteiger partial charge in [0.1, 0.15) is 0 Å². The summed E-state index contributed by atoms with van der Waals surface area (Å²) in [7, 11) is 0. The SMILES string of the molecule is CCNCc1cc(CN2CCCC2)on1. The smallest absolute Gasteiger partial charge is 0.151 e. The van der Waals surface area contributed by atoms with Gasteiger partial charge in [0, 0.05) is 12.6 Å². The molecule has 1 aromatic rings. The molecule has 1 aliphatic rings. The van der Waals surface area contributed by atoms with Gasteiger partial charge in [0.25, 0.3) is 0 Å². The van der Waals surface area contributed by atoms with E-state index in [-0.39, 0.29) is 0 Å². The van der Waals surface area contributed by atoms with Crippen LogP contribution in [0.3, 0.4) is 0 Å². The molecule has 0 saturated carbocycles. The van der Waals surface area contributed by atoms with E-state index in [2.05, 4.69) is 28.4 Å². The molecule has 84 valence electrons. The highest BCUT2D eigenvalue weighted by Gasteiger charge is 2.14. The lowest BCUT2D eigenvalue weighted by Crippen LogP contribution is -2.17. The van der Waals surface area contributed by atoms with Crippen molar-refractivity contribution >= 4 is 0 Å². The largest absolute Gasteiger partial charge is 0.360 e. The average molecular weight is 209 g/mol. The van der Waals surface area contributed by atoms with Crippen molar-refractivity contribution < 1.29 is 4.52 Å². The maximum Gasteiger partial charge on any atom is 0.151 e. The Kier molecular flexibility index (Phi) is 3.75. The van der Waals surface area contributed by atoms with Crippen molar-refractivity contribution in [3.05, 3.63) is 17.5 Å². The normalized spacial score (nSPS) is 17.4. The van der Waals surface area contributed by atoms with E-state index in [9.17, 15) is 0 Å². The van der Waals surface area contributed by atoms with Crippen LogP contribution >= 0.6 is 0 Å². The van der Waals surface area contributed by atoms with Crippen molar-refractivity contribution in [1.29, 1.82) is 0 Å². The highest BCUT2D eigenvalue weighted by molar-refractivity contribution is 5.05. The molecular formula is C11H19N3O. The topological polar surface area (TPSA) is 41.3 Å². The van der Waals surface area contributed by atoms with Gasteiger partial charge in [0.2, 0.25) is 0 Å². The third-order valence-corrected chi connectivity index (χ3v) is 2.74. The molecule has 0 bridgehead atoms. The molecule has 0 unspecified atom stereocenters. The summed E-state index contributed by atoms with van der Waals surface area (Å²) in [5.74, 6) is 0.991. The predicted molar refractivity (Wildman–Crippen MR) is 58.4 cm³/mol. The minimum absolute atomic E-state index is 0.806. The molecule has 0 aliphatic carbocycles. The summed E-state index contributed by atoms with van der Waals surface area (Å²) >= 11 is 0. The predicted octanol–water partition coefficient (Wildman–Crippen LogP) is 1.38. The van der Waals surface area contributed by atoms with Crippen LogP contribution in [-0.2, 0) is 13.1 Å². The van der Waals surface area contributed by atoms with Gasteiger partial charge in [0.15, 0.2) is 5.76 Å². The zero-order valence-corrected chi connectivity index (χ0v) is 9.33. The number of rotatable bonds is 5. The van der Waals surface area contributed by atoms with Crippen LogP contribution in [0.5, 0.6) is 0 Å². The Bertz CT molecular complexity index is 292. The monoisotopic (exact) mass is 209 g/mol. The van der Waals surface area contributed by atoms with Crippen LogP contribution in [-0.4, -0.2) is 29.7 Å². The maximum absolute atomic E-state index is 5.29. The Labute approximate surface area is 90.6 Å². The Morgan fingerprint density at radius 2 is 2.27 bits per heavy atom. The van der Waals surface area contributed by atoms with Gasteiger partial charge in [-0.1, -0.05) is 12.1 Å². The Balaban J connectivity index is 1.83. The van der Waals surface area contributed by atoms with Crippen molar-refractivity contribution in [3.63, 3.8) is 0 Å². The lowest BCUT2D eigenvalue weighted by Gasteiger charge is -2.10. The number of nitrogens with zero attached hydrogens (tertiary/aromatic N) is 2. The summed E-state index contributed by atoms with van der Waals surface area (Å²) in [6.07, 6.45) is 2.64. The van der Waals surface area contributed by atoms with Gasteiger partial charge in [-0.05, 0) is 32.5 Å². The van der Waals surface area contributed by atoms with E-state index in [0.717, 1.165) is 31.1 Å². The highest BCUT2D eigenvalue weighted by atomic mass is 16.5. The summed E-state index contributed by atoms with van der Waals surface area (Å²) in [5.41, 5.74) is 1.01. The molecule has 2 rings (SSSR count). The van der Waals surface area contributed by atoms with Crippen LogP contribution in [0.15, 0.2) is 10.6 Å². The standard InChI is InChI=1S/C11H19N3O/c1-2-12-8-10-7-11(15-13-10)9-14-5-3-4-6-14/h7,12H,2-6,8-9H2,1H3. The van der Waals surface area contributed by atoms with E-state index < -0.39 is 0 Å². The molecule has 0 atom stereocenters. The Morgan fingerprint density at radius 3 is 3.00 bits per heavy atom. The van der Waals surface area contributed by atoms with Gasteiger partial charge in [-0.25, -0.2) is 0 Å². The van der Waals surface area contributed by atoms with E-state index >= 15 is 0 Å². The van der Waals surface area contributed by atoms with Gasteiger partial charge in [0.05, 0.1) is 12.2 Å². The summed E-state index contributed by atoms with van der Waals surface area (Å²) in [5, 5.41) is 7.27. The summed E-state index contributed by atoms with van der Waals surface area (Å²) in [4.78, 5) is 2.41. The minimum Gasteiger partial charge on any atom is -0.360 e. The first-order valence-corrected chi connectivity index (χ1v) is 5.76. The van der Waals surface area contributed by atoms with Crippen LogP contribution in [0, 0.1) is 0 Å². The molecule has 0 radical (unpaired) electrons. The third kappa shape index (κ3) is 3.04. The number of likely N-dealkylation sites (tertiary alicyclic amines) is 1. The van der Waals surface area contributed by atoms with Crippen molar-refractivity contribution in [2.75, 3.05) is 19.6 Å². The molecule has 1 saturated heterocycles. The molecule has 1 aliphatic heterocycles. The lowest BCUT2D eigenvalue weighted by atomic mass is 10.3. The van der Waals surface area contributed by atoms with E-state index in [4.69, 9.17) is 4.52 Å². The molecule has 0 spiro atoms. The molecule has 0 amide bonds. The van der Waals surface area contributed by atoms with Crippen molar-refractivity contribution in [2.45, 2.75) is 32.9 Å².